The molecule has 3 rings (SSSR count). The normalized spacial score (nSPS) is 14.1. The predicted molar refractivity (Wildman–Crippen MR) is 85.5 cm³/mol. The Bertz CT molecular complexity index is 758. The molecule has 0 bridgehead atoms. The lowest BCUT2D eigenvalue weighted by Gasteiger charge is -2.19. The first kappa shape index (κ1) is 14.2. The zero-order valence-electron chi connectivity index (χ0n) is 11.3. The molecule has 4 nitrogen and oxygen atoms in total. The number of hydrogen-bond donors (Lipinski definition) is 2. The third-order valence-electron chi connectivity index (χ3n) is 3.43. The van der Waals surface area contributed by atoms with Crippen LogP contribution < -0.4 is 10.0 Å². The van der Waals surface area contributed by atoms with E-state index in [-0.39, 0.29) is 4.90 Å². The van der Waals surface area contributed by atoms with Crippen molar-refractivity contribution in [3.63, 3.8) is 0 Å². The summed E-state index contributed by atoms with van der Waals surface area (Å²) in [5, 5.41) is 3.80. The van der Waals surface area contributed by atoms with Crippen LogP contribution in [-0.2, 0) is 16.4 Å². The fourth-order valence-corrected chi connectivity index (χ4v) is 3.55. The molecule has 2 N–H and O–H groups in total. The van der Waals surface area contributed by atoms with E-state index < -0.39 is 10.0 Å². The molecule has 0 fully saturated rings. The molecule has 1 aliphatic heterocycles. The summed E-state index contributed by atoms with van der Waals surface area (Å²) in [6, 6.07) is 11.8. The molecule has 2 aromatic carbocycles. The van der Waals surface area contributed by atoms with Crippen LogP contribution in [0.3, 0.4) is 0 Å². The van der Waals surface area contributed by atoms with E-state index in [2.05, 4.69) is 10.0 Å². The van der Waals surface area contributed by atoms with E-state index in [1.807, 2.05) is 6.07 Å². The number of aryl methyl sites for hydroxylation is 1. The molecule has 0 aromatic heterocycles. The van der Waals surface area contributed by atoms with Gasteiger partial charge in [-0.3, -0.25) is 4.72 Å². The molecule has 110 valence electrons. The van der Waals surface area contributed by atoms with Gasteiger partial charge < -0.3 is 5.32 Å². The van der Waals surface area contributed by atoms with Crippen LogP contribution in [0.4, 0.5) is 11.4 Å². The van der Waals surface area contributed by atoms with E-state index in [4.69, 9.17) is 11.6 Å². The second-order valence-corrected chi connectivity index (χ2v) is 7.08. The van der Waals surface area contributed by atoms with Gasteiger partial charge in [-0.2, -0.15) is 0 Å². The highest BCUT2D eigenvalue weighted by molar-refractivity contribution is 7.92. The molecule has 1 heterocycles. The predicted octanol–water partition coefficient (Wildman–Crippen LogP) is 3.50. The molecule has 0 amide bonds. The molecule has 6 heteroatoms. The van der Waals surface area contributed by atoms with Gasteiger partial charge in [0.1, 0.15) is 0 Å². The van der Waals surface area contributed by atoms with Crippen LogP contribution in [-0.4, -0.2) is 15.0 Å². The van der Waals surface area contributed by atoms with Gasteiger partial charge in [0, 0.05) is 22.9 Å². The number of halogens is 1. The van der Waals surface area contributed by atoms with Gasteiger partial charge in [0.05, 0.1) is 4.90 Å². The van der Waals surface area contributed by atoms with Gasteiger partial charge in [-0.05, 0) is 54.8 Å². The molecule has 0 unspecified atom stereocenters. The standard InChI is InChI=1S/C15H15ClN2O2S/c16-12-4-6-13(7-5-12)18-21(19,20)14-8-3-11-2-1-9-17-15(11)10-14/h3-8,10,17-18H,1-2,9H2. The zero-order valence-corrected chi connectivity index (χ0v) is 12.8. The summed E-state index contributed by atoms with van der Waals surface area (Å²) >= 11 is 5.79. The number of fused-ring (bicyclic) bond motifs is 1. The van der Waals surface area contributed by atoms with Crippen molar-refractivity contribution in [1.29, 1.82) is 0 Å². The number of hydrogen-bond acceptors (Lipinski definition) is 3. The molecular weight excluding hydrogens is 308 g/mol. The molecule has 0 aliphatic carbocycles. The Morgan fingerprint density at radius 3 is 2.62 bits per heavy atom. The van der Waals surface area contributed by atoms with E-state index in [1.54, 1.807) is 36.4 Å². The Kier molecular flexibility index (Phi) is 3.78. The van der Waals surface area contributed by atoms with Gasteiger partial charge in [0.2, 0.25) is 0 Å². The van der Waals surface area contributed by atoms with Crippen molar-refractivity contribution >= 4 is 33.0 Å². The second-order valence-electron chi connectivity index (χ2n) is 4.96. The molecule has 0 saturated carbocycles. The van der Waals surface area contributed by atoms with Crippen LogP contribution in [0, 0.1) is 0 Å². The van der Waals surface area contributed by atoms with Gasteiger partial charge in [-0.15, -0.1) is 0 Å². The Balaban J connectivity index is 1.89. The lowest BCUT2D eigenvalue weighted by Crippen LogP contribution is -2.16. The number of nitrogens with one attached hydrogen (secondary N) is 2. The first-order chi connectivity index (χ1) is 10.0. The van der Waals surface area contributed by atoms with Crippen LogP contribution >= 0.6 is 11.6 Å². The SMILES string of the molecule is O=S(=O)(Nc1ccc(Cl)cc1)c1ccc2c(c1)NCCC2. The van der Waals surface area contributed by atoms with Crippen LogP contribution in [0.5, 0.6) is 0 Å². The Morgan fingerprint density at radius 1 is 1.10 bits per heavy atom. The number of benzene rings is 2. The molecule has 0 saturated heterocycles. The Morgan fingerprint density at radius 2 is 1.86 bits per heavy atom. The summed E-state index contributed by atoms with van der Waals surface area (Å²) in [6.45, 7) is 0.876. The Hall–Kier alpha value is -1.72. The number of rotatable bonds is 3. The van der Waals surface area contributed by atoms with Crippen LogP contribution in [0.1, 0.15) is 12.0 Å². The van der Waals surface area contributed by atoms with E-state index in [0.717, 1.165) is 30.6 Å². The van der Waals surface area contributed by atoms with Gasteiger partial charge in [-0.25, -0.2) is 8.42 Å². The van der Waals surface area contributed by atoms with Crippen molar-refractivity contribution in [2.75, 3.05) is 16.6 Å². The molecular formula is C15H15ClN2O2S. The van der Waals surface area contributed by atoms with E-state index in [9.17, 15) is 8.42 Å². The topological polar surface area (TPSA) is 58.2 Å². The molecule has 0 radical (unpaired) electrons. The van der Waals surface area contributed by atoms with Gasteiger partial charge in [0.15, 0.2) is 0 Å². The summed E-state index contributed by atoms with van der Waals surface area (Å²) in [6.07, 6.45) is 2.05. The maximum Gasteiger partial charge on any atom is 0.261 e. The lowest BCUT2D eigenvalue weighted by molar-refractivity contribution is 0.601. The summed E-state index contributed by atoms with van der Waals surface area (Å²) in [4.78, 5) is 0.255. The minimum absolute atomic E-state index is 0.255. The second kappa shape index (κ2) is 5.58. The maximum absolute atomic E-state index is 12.4. The fraction of sp³-hybridized carbons (Fsp3) is 0.200. The fourth-order valence-electron chi connectivity index (χ4n) is 2.34. The molecule has 21 heavy (non-hydrogen) atoms. The molecule has 0 spiro atoms. The van der Waals surface area contributed by atoms with E-state index in [0.29, 0.717) is 10.7 Å². The van der Waals surface area contributed by atoms with Crippen LogP contribution in [0.25, 0.3) is 0 Å². The first-order valence-electron chi connectivity index (χ1n) is 6.70. The molecule has 2 aromatic rings. The lowest BCUT2D eigenvalue weighted by atomic mass is 10.0. The summed E-state index contributed by atoms with van der Waals surface area (Å²) in [7, 11) is -3.59. The van der Waals surface area contributed by atoms with Gasteiger partial charge in [-0.1, -0.05) is 17.7 Å². The monoisotopic (exact) mass is 322 g/mol. The molecule has 0 atom stereocenters. The van der Waals surface area contributed by atoms with Crippen molar-refractivity contribution in [3.05, 3.63) is 53.1 Å². The highest BCUT2D eigenvalue weighted by atomic mass is 35.5. The minimum Gasteiger partial charge on any atom is -0.385 e. The summed E-state index contributed by atoms with van der Waals surface area (Å²) in [5.41, 5.74) is 2.55. The average Bonchev–Trinajstić information content (AvgIpc) is 2.49. The third-order valence-corrected chi connectivity index (χ3v) is 5.06. The van der Waals surface area contributed by atoms with Crippen molar-refractivity contribution in [3.8, 4) is 0 Å². The highest BCUT2D eigenvalue weighted by Gasteiger charge is 2.17. The van der Waals surface area contributed by atoms with Crippen molar-refractivity contribution < 1.29 is 8.42 Å². The largest absolute Gasteiger partial charge is 0.385 e. The zero-order chi connectivity index (χ0) is 14.9. The van der Waals surface area contributed by atoms with Crippen molar-refractivity contribution in [2.24, 2.45) is 0 Å². The van der Waals surface area contributed by atoms with Crippen molar-refractivity contribution in [2.45, 2.75) is 17.7 Å². The van der Waals surface area contributed by atoms with Crippen LogP contribution in [0.15, 0.2) is 47.4 Å². The summed E-state index contributed by atoms with van der Waals surface area (Å²) < 4.78 is 27.4. The first-order valence-corrected chi connectivity index (χ1v) is 8.56. The Labute approximate surface area is 129 Å². The maximum atomic E-state index is 12.4. The number of sulfonamides is 1. The van der Waals surface area contributed by atoms with E-state index >= 15 is 0 Å². The van der Waals surface area contributed by atoms with Gasteiger partial charge >= 0.3 is 0 Å². The number of anilines is 2. The smallest absolute Gasteiger partial charge is 0.261 e. The third kappa shape index (κ3) is 3.14. The quantitative estimate of drug-likeness (QED) is 0.909. The van der Waals surface area contributed by atoms with Gasteiger partial charge in [0.25, 0.3) is 10.0 Å². The minimum atomic E-state index is -3.59. The van der Waals surface area contributed by atoms with E-state index in [1.165, 1.54) is 0 Å². The highest BCUT2D eigenvalue weighted by Crippen LogP contribution is 2.26. The van der Waals surface area contributed by atoms with Crippen molar-refractivity contribution in [1.82, 2.24) is 0 Å². The average molecular weight is 323 g/mol. The van der Waals surface area contributed by atoms with Crippen LogP contribution in [0.2, 0.25) is 5.02 Å². The summed E-state index contributed by atoms with van der Waals surface area (Å²) in [5.74, 6) is 0. The molecule has 1 aliphatic rings.